The summed E-state index contributed by atoms with van der Waals surface area (Å²) in [5.41, 5.74) is 3.01. The molecular weight excluding hydrogens is 244 g/mol. The van der Waals surface area contributed by atoms with Crippen LogP contribution in [0.4, 0.5) is 0 Å². The van der Waals surface area contributed by atoms with Crippen LogP contribution < -0.4 is 5.32 Å². The summed E-state index contributed by atoms with van der Waals surface area (Å²) < 4.78 is 0. The van der Waals surface area contributed by atoms with Crippen LogP contribution in [0.15, 0.2) is 24.3 Å². The second kappa shape index (κ2) is 8.43. The quantitative estimate of drug-likeness (QED) is 0.797. The summed E-state index contributed by atoms with van der Waals surface area (Å²) in [7, 11) is 4.34. The molecule has 0 atom stereocenters. The van der Waals surface area contributed by atoms with Crippen LogP contribution >= 0.6 is 0 Å². The maximum absolute atomic E-state index is 3.25. The first-order chi connectivity index (χ1) is 9.81. The van der Waals surface area contributed by atoms with E-state index in [0.717, 1.165) is 25.6 Å². The zero-order chi connectivity index (χ0) is 14.2. The van der Waals surface area contributed by atoms with Crippen molar-refractivity contribution in [2.24, 2.45) is 0 Å². The van der Waals surface area contributed by atoms with Crippen molar-refractivity contribution in [1.29, 1.82) is 0 Å². The first-order valence-electron chi connectivity index (χ1n) is 8.23. The molecule has 1 aromatic rings. The largest absolute Gasteiger partial charge is 0.319 e. The third kappa shape index (κ3) is 4.60. The minimum absolute atomic E-state index is 0.787. The molecule has 1 N–H and O–H groups in total. The molecule has 0 bridgehead atoms. The molecule has 1 aliphatic carbocycles. The molecule has 112 valence electrons. The van der Waals surface area contributed by atoms with Crippen LogP contribution in [0.2, 0.25) is 0 Å². The first-order valence-corrected chi connectivity index (χ1v) is 8.23. The van der Waals surface area contributed by atoms with E-state index in [0.29, 0.717) is 0 Å². The number of hydrogen-bond donors (Lipinski definition) is 1. The van der Waals surface area contributed by atoms with Crippen molar-refractivity contribution in [2.45, 2.75) is 57.5 Å². The Bertz CT molecular complexity index is 381. The standard InChI is InChI=1S/C18H30N2/c1-19-14-13-16-9-7-8-10-17(16)15-20(2)18-11-5-3-4-6-12-18/h7-10,18-19H,3-6,11-15H2,1-2H3. The van der Waals surface area contributed by atoms with Crippen LogP contribution in [0.5, 0.6) is 0 Å². The van der Waals surface area contributed by atoms with E-state index in [9.17, 15) is 0 Å². The van der Waals surface area contributed by atoms with Gasteiger partial charge >= 0.3 is 0 Å². The maximum Gasteiger partial charge on any atom is 0.0236 e. The van der Waals surface area contributed by atoms with Gasteiger partial charge in [-0.2, -0.15) is 0 Å². The molecule has 0 spiro atoms. The van der Waals surface area contributed by atoms with Gasteiger partial charge in [0.1, 0.15) is 0 Å². The van der Waals surface area contributed by atoms with Gasteiger partial charge in [-0.3, -0.25) is 4.90 Å². The van der Waals surface area contributed by atoms with Crippen molar-refractivity contribution in [1.82, 2.24) is 10.2 Å². The van der Waals surface area contributed by atoms with Crippen molar-refractivity contribution in [3.63, 3.8) is 0 Å². The molecule has 1 aromatic carbocycles. The summed E-state index contributed by atoms with van der Waals surface area (Å²) in [6, 6.07) is 9.72. The van der Waals surface area contributed by atoms with Crippen LogP contribution in [0.3, 0.4) is 0 Å². The van der Waals surface area contributed by atoms with Crippen molar-refractivity contribution < 1.29 is 0 Å². The highest BCUT2D eigenvalue weighted by Crippen LogP contribution is 2.23. The van der Waals surface area contributed by atoms with E-state index in [-0.39, 0.29) is 0 Å². The van der Waals surface area contributed by atoms with Crippen LogP contribution in [0, 0.1) is 0 Å². The molecule has 0 aromatic heterocycles. The Kier molecular flexibility index (Phi) is 6.55. The molecule has 1 fully saturated rings. The van der Waals surface area contributed by atoms with E-state index < -0.39 is 0 Å². The minimum atomic E-state index is 0.787. The number of benzene rings is 1. The molecule has 1 saturated carbocycles. The summed E-state index contributed by atoms with van der Waals surface area (Å²) in [4.78, 5) is 2.59. The smallest absolute Gasteiger partial charge is 0.0236 e. The molecule has 0 saturated heterocycles. The lowest BCUT2D eigenvalue weighted by Crippen LogP contribution is -2.31. The van der Waals surface area contributed by atoms with Gasteiger partial charge in [-0.1, -0.05) is 49.9 Å². The SMILES string of the molecule is CNCCc1ccccc1CN(C)C1CCCCCC1. The fraction of sp³-hybridized carbons (Fsp3) is 0.667. The summed E-state index contributed by atoms with van der Waals surface area (Å²) >= 11 is 0. The lowest BCUT2D eigenvalue weighted by molar-refractivity contribution is 0.212. The third-order valence-electron chi connectivity index (χ3n) is 4.63. The Morgan fingerprint density at radius 1 is 1.05 bits per heavy atom. The third-order valence-corrected chi connectivity index (χ3v) is 4.63. The Morgan fingerprint density at radius 2 is 1.70 bits per heavy atom. The number of nitrogens with one attached hydrogen (secondary N) is 1. The molecule has 0 heterocycles. The highest BCUT2D eigenvalue weighted by Gasteiger charge is 2.17. The molecule has 2 heteroatoms. The van der Waals surface area contributed by atoms with E-state index in [2.05, 4.69) is 41.5 Å². The second-order valence-electron chi connectivity index (χ2n) is 6.18. The molecule has 0 radical (unpaired) electrons. The average molecular weight is 274 g/mol. The van der Waals surface area contributed by atoms with Gasteiger partial charge in [0, 0.05) is 12.6 Å². The molecule has 2 rings (SSSR count). The predicted octanol–water partition coefficient (Wildman–Crippen LogP) is 3.60. The van der Waals surface area contributed by atoms with Gasteiger partial charge < -0.3 is 5.32 Å². The highest BCUT2D eigenvalue weighted by atomic mass is 15.1. The van der Waals surface area contributed by atoms with Gasteiger partial charge in [-0.05, 0) is 51.0 Å². The fourth-order valence-corrected chi connectivity index (χ4v) is 3.31. The Balaban J connectivity index is 1.97. The van der Waals surface area contributed by atoms with E-state index in [1.54, 1.807) is 0 Å². The van der Waals surface area contributed by atoms with Crippen LogP contribution in [-0.4, -0.2) is 31.6 Å². The zero-order valence-electron chi connectivity index (χ0n) is 13.2. The predicted molar refractivity (Wildman–Crippen MR) is 87.0 cm³/mol. The fourth-order valence-electron chi connectivity index (χ4n) is 3.31. The summed E-state index contributed by atoms with van der Waals surface area (Å²) in [5.74, 6) is 0. The number of hydrogen-bond acceptors (Lipinski definition) is 2. The Hall–Kier alpha value is -0.860. The monoisotopic (exact) mass is 274 g/mol. The van der Waals surface area contributed by atoms with Gasteiger partial charge in [0.05, 0.1) is 0 Å². The summed E-state index contributed by atoms with van der Waals surface area (Å²) in [5, 5.41) is 3.25. The Morgan fingerprint density at radius 3 is 2.35 bits per heavy atom. The van der Waals surface area contributed by atoms with Crippen molar-refractivity contribution >= 4 is 0 Å². The van der Waals surface area contributed by atoms with Gasteiger partial charge in [0.25, 0.3) is 0 Å². The lowest BCUT2D eigenvalue weighted by Gasteiger charge is -2.28. The molecule has 2 nitrogen and oxygen atoms in total. The van der Waals surface area contributed by atoms with E-state index in [1.165, 1.54) is 49.7 Å². The molecule has 0 aliphatic heterocycles. The van der Waals surface area contributed by atoms with Gasteiger partial charge in [0.15, 0.2) is 0 Å². The minimum Gasteiger partial charge on any atom is -0.319 e. The maximum atomic E-state index is 3.25. The van der Waals surface area contributed by atoms with E-state index >= 15 is 0 Å². The van der Waals surface area contributed by atoms with Crippen molar-refractivity contribution in [3.05, 3.63) is 35.4 Å². The average Bonchev–Trinajstić information content (AvgIpc) is 2.75. The number of rotatable bonds is 6. The zero-order valence-corrected chi connectivity index (χ0v) is 13.2. The highest BCUT2D eigenvalue weighted by molar-refractivity contribution is 5.27. The summed E-state index contributed by atoms with van der Waals surface area (Å²) in [6.45, 7) is 2.16. The topological polar surface area (TPSA) is 15.3 Å². The normalized spacial score (nSPS) is 17.4. The van der Waals surface area contributed by atoms with Crippen molar-refractivity contribution in [2.75, 3.05) is 20.6 Å². The molecule has 0 unspecified atom stereocenters. The molecule has 20 heavy (non-hydrogen) atoms. The van der Waals surface area contributed by atoms with Crippen molar-refractivity contribution in [3.8, 4) is 0 Å². The number of likely N-dealkylation sites (N-methyl/N-ethyl adjacent to an activating group) is 1. The van der Waals surface area contributed by atoms with Crippen LogP contribution in [0.25, 0.3) is 0 Å². The molecule has 1 aliphatic rings. The molecule has 0 amide bonds. The Labute approximate surface area is 124 Å². The number of nitrogens with zero attached hydrogens (tertiary/aromatic N) is 1. The van der Waals surface area contributed by atoms with E-state index in [4.69, 9.17) is 0 Å². The first kappa shape index (κ1) is 15.5. The van der Waals surface area contributed by atoms with Gasteiger partial charge in [0.2, 0.25) is 0 Å². The molecular formula is C18H30N2. The van der Waals surface area contributed by atoms with Crippen LogP contribution in [0.1, 0.15) is 49.7 Å². The van der Waals surface area contributed by atoms with Gasteiger partial charge in [-0.25, -0.2) is 0 Å². The van der Waals surface area contributed by atoms with Crippen LogP contribution in [-0.2, 0) is 13.0 Å². The second-order valence-corrected chi connectivity index (χ2v) is 6.18. The van der Waals surface area contributed by atoms with Gasteiger partial charge in [-0.15, -0.1) is 0 Å². The summed E-state index contributed by atoms with van der Waals surface area (Å²) in [6.07, 6.45) is 9.59. The lowest BCUT2D eigenvalue weighted by atomic mass is 10.0. The van der Waals surface area contributed by atoms with E-state index in [1.807, 2.05) is 7.05 Å².